The molecule has 1 amide bonds. The first kappa shape index (κ1) is 7.85. The summed E-state index contributed by atoms with van der Waals surface area (Å²) < 4.78 is 5.01. The highest BCUT2D eigenvalue weighted by Gasteiger charge is 2.14. The number of nitrogens with one attached hydrogen (secondary N) is 1. The molecular weight excluding hydrogens is 142 g/mol. The molecule has 1 atom stereocenters. The molecule has 0 radical (unpaired) electrons. The van der Waals surface area contributed by atoms with Crippen LogP contribution in [0.15, 0.2) is 24.5 Å². The average Bonchev–Trinajstić information content (AvgIpc) is 2.07. The fraction of sp³-hybridized carbons (Fsp3) is 0.375. The van der Waals surface area contributed by atoms with Gasteiger partial charge in [0, 0.05) is 6.54 Å². The molecule has 11 heavy (non-hydrogen) atoms. The number of likely N-dealkylation sites (N-methyl/N-ethyl adjacent to an activating group) is 1. The molecule has 3 nitrogen and oxygen atoms in total. The van der Waals surface area contributed by atoms with Crippen LogP contribution in [0.1, 0.15) is 6.92 Å². The Labute approximate surface area is 65.7 Å². The predicted octanol–water partition coefficient (Wildman–Crippen LogP) is 0.591. The standard InChI is InChI=1S/C8H11NO2/c1-2-9-8(10)7-5-3-4-6-11-7/h3-7H,2H2,1H3,(H,9,10). The molecule has 0 saturated carbocycles. The number of allylic oxidation sites excluding steroid dienone is 2. The Morgan fingerprint density at radius 1 is 1.64 bits per heavy atom. The van der Waals surface area contributed by atoms with Crippen molar-refractivity contribution in [3.63, 3.8) is 0 Å². The average molecular weight is 153 g/mol. The minimum absolute atomic E-state index is 0.0897. The lowest BCUT2D eigenvalue weighted by atomic mass is 10.2. The van der Waals surface area contributed by atoms with E-state index in [1.165, 1.54) is 6.26 Å². The van der Waals surface area contributed by atoms with E-state index in [-0.39, 0.29) is 5.91 Å². The molecule has 0 saturated heterocycles. The van der Waals surface area contributed by atoms with Crippen molar-refractivity contribution in [2.24, 2.45) is 0 Å². The van der Waals surface area contributed by atoms with Crippen LogP contribution >= 0.6 is 0 Å². The first-order chi connectivity index (χ1) is 5.34. The summed E-state index contributed by atoms with van der Waals surface area (Å²) in [6.45, 7) is 2.51. The molecule has 1 rings (SSSR count). The SMILES string of the molecule is CCNC(=O)C1C=CC=CO1. The van der Waals surface area contributed by atoms with Gasteiger partial charge in [0.05, 0.1) is 6.26 Å². The second-order valence-electron chi connectivity index (χ2n) is 2.16. The molecule has 1 aliphatic rings. The Balaban J connectivity index is 2.42. The van der Waals surface area contributed by atoms with Gasteiger partial charge >= 0.3 is 0 Å². The Morgan fingerprint density at radius 2 is 2.45 bits per heavy atom. The van der Waals surface area contributed by atoms with Gasteiger partial charge in [-0.25, -0.2) is 0 Å². The molecule has 1 N–H and O–H groups in total. The highest BCUT2D eigenvalue weighted by molar-refractivity contribution is 5.82. The smallest absolute Gasteiger partial charge is 0.265 e. The first-order valence-electron chi connectivity index (χ1n) is 3.61. The Kier molecular flexibility index (Phi) is 2.72. The maximum atomic E-state index is 11.1. The van der Waals surface area contributed by atoms with E-state index in [9.17, 15) is 4.79 Å². The van der Waals surface area contributed by atoms with Crippen molar-refractivity contribution < 1.29 is 9.53 Å². The highest BCUT2D eigenvalue weighted by atomic mass is 16.5. The predicted molar refractivity (Wildman–Crippen MR) is 41.8 cm³/mol. The molecule has 1 aliphatic heterocycles. The summed E-state index contributed by atoms with van der Waals surface area (Å²) in [5.41, 5.74) is 0. The normalized spacial score (nSPS) is 21.0. The van der Waals surface area contributed by atoms with Gasteiger partial charge < -0.3 is 10.1 Å². The van der Waals surface area contributed by atoms with Crippen molar-refractivity contribution in [3.05, 3.63) is 24.5 Å². The van der Waals surface area contributed by atoms with E-state index in [1.54, 1.807) is 18.2 Å². The lowest BCUT2D eigenvalue weighted by Gasteiger charge is -2.13. The van der Waals surface area contributed by atoms with Gasteiger partial charge in [-0.05, 0) is 19.1 Å². The maximum Gasteiger partial charge on any atom is 0.265 e. The van der Waals surface area contributed by atoms with Crippen LogP contribution in [0.4, 0.5) is 0 Å². The topological polar surface area (TPSA) is 38.3 Å². The fourth-order valence-corrected chi connectivity index (χ4v) is 0.810. The molecule has 0 bridgehead atoms. The third kappa shape index (κ3) is 2.11. The minimum Gasteiger partial charge on any atom is -0.484 e. The number of amides is 1. The molecule has 0 aromatic rings. The zero-order chi connectivity index (χ0) is 8.10. The highest BCUT2D eigenvalue weighted by Crippen LogP contribution is 2.01. The summed E-state index contributed by atoms with van der Waals surface area (Å²) in [7, 11) is 0. The first-order valence-corrected chi connectivity index (χ1v) is 3.61. The molecule has 1 heterocycles. The van der Waals surface area contributed by atoms with Crippen LogP contribution in [-0.2, 0) is 9.53 Å². The van der Waals surface area contributed by atoms with Gasteiger partial charge in [0.15, 0.2) is 6.10 Å². The fourth-order valence-electron chi connectivity index (χ4n) is 0.810. The van der Waals surface area contributed by atoms with Gasteiger partial charge in [0.2, 0.25) is 0 Å². The molecule has 0 fully saturated rings. The summed E-state index contributed by atoms with van der Waals surface area (Å²) in [5.74, 6) is -0.0897. The Hall–Kier alpha value is -1.25. The second kappa shape index (κ2) is 3.81. The Morgan fingerprint density at radius 3 is 3.00 bits per heavy atom. The monoisotopic (exact) mass is 153 g/mol. The lowest BCUT2D eigenvalue weighted by molar-refractivity contribution is -0.127. The number of ether oxygens (including phenoxy) is 1. The van der Waals surface area contributed by atoms with Crippen LogP contribution in [0.3, 0.4) is 0 Å². The van der Waals surface area contributed by atoms with Crippen molar-refractivity contribution in [2.45, 2.75) is 13.0 Å². The van der Waals surface area contributed by atoms with Gasteiger partial charge in [0.1, 0.15) is 0 Å². The third-order valence-electron chi connectivity index (χ3n) is 1.31. The number of rotatable bonds is 2. The van der Waals surface area contributed by atoms with Crippen LogP contribution in [0.2, 0.25) is 0 Å². The largest absolute Gasteiger partial charge is 0.484 e. The van der Waals surface area contributed by atoms with Gasteiger partial charge in [-0.15, -0.1) is 0 Å². The zero-order valence-corrected chi connectivity index (χ0v) is 6.41. The van der Waals surface area contributed by atoms with Crippen LogP contribution < -0.4 is 5.32 Å². The van der Waals surface area contributed by atoms with E-state index in [4.69, 9.17) is 4.74 Å². The molecule has 0 spiro atoms. The quantitative estimate of drug-likeness (QED) is 0.630. The Bertz CT molecular complexity index is 196. The summed E-state index contributed by atoms with van der Waals surface area (Å²) in [4.78, 5) is 11.1. The van der Waals surface area contributed by atoms with Crippen molar-refractivity contribution >= 4 is 5.91 Å². The number of hydrogen-bond acceptors (Lipinski definition) is 2. The summed E-state index contributed by atoms with van der Waals surface area (Å²) >= 11 is 0. The van der Waals surface area contributed by atoms with Gasteiger partial charge in [0.25, 0.3) is 5.91 Å². The summed E-state index contributed by atoms with van der Waals surface area (Å²) in [6.07, 6.45) is 6.32. The molecular formula is C8H11NO2. The van der Waals surface area contributed by atoms with Crippen LogP contribution in [0, 0.1) is 0 Å². The van der Waals surface area contributed by atoms with Gasteiger partial charge in [-0.3, -0.25) is 4.79 Å². The third-order valence-corrected chi connectivity index (χ3v) is 1.31. The van der Waals surface area contributed by atoms with Crippen molar-refractivity contribution in [2.75, 3.05) is 6.54 Å². The number of hydrogen-bond donors (Lipinski definition) is 1. The van der Waals surface area contributed by atoms with Gasteiger partial charge in [-0.2, -0.15) is 0 Å². The van der Waals surface area contributed by atoms with E-state index < -0.39 is 6.10 Å². The van der Waals surface area contributed by atoms with E-state index in [2.05, 4.69) is 5.32 Å². The number of carbonyl (C=O) groups is 1. The van der Waals surface area contributed by atoms with E-state index >= 15 is 0 Å². The van der Waals surface area contributed by atoms with E-state index in [0.717, 1.165) is 0 Å². The summed E-state index contributed by atoms with van der Waals surface area (Å²) in [6, 6.07) is 0. The van der Waals surface area contributed by atoms with Crippen LogP contribution in [0.5, 0.6) is 0 Å². The van der Waals surface area contributed by atoms with Crippen molar-refractivity contribution in [3.8, 4) is 0 Å². The van der Waals surface area contributed by atoms with E-state index in [0.29, 0.717) is 6.54 Å². The number of carbonyl (C=O) groups excluding carboxylic acids is 1. The molecule has 60 valence electrons. The van der Waals surface area contributed by atoms with Crippen LogP contribution in [0.25, 0.3) is 0 Å². The molecule has 0 aromatic heterocycles. The maximum absolute atomic E-state index is 11.1. The van der Waals surface area contributed by atoms with Crippen LogP contribution in [-0.4, -0.2) is 18.6 Å². The second-order valence-corrected chi connectivity index (χ2v) is 2.16. The molecule has 3 heteroatoms. The molecule has 0 aromatic carbocycles. The molecule has 1 unspecified atom stereocenters. The molecule has 0 aliphatic carbocycles. The van der Waals surface area contributed by atoms with Gasteiger partial charge in [-0.1, -0.05) is 6.08 Å². The zero-order valence-electron chi connectivity index (χ0n) is 6.41. The minimum atomic E-state index is -0.444. The van der Waals surface area contributed by atoms with E-state index in [1.807, 2.05) is 6.92 Å². The summed E-state index contributed by atoms with van der Waals surface area (Å²) in [5, 5.41) is 2.67. The lowest BCUT2D eigenvalue weighted by Crippen LogP contribution is -2.34. The van der Waals surface area contributed by atoms with Crippen molar-refractivity contribution in [1.29, 1.82) is 0 Å². The van der Waals surface area contributed by atoms with Crippen molar-refractivity contribution in [1.82, 2.24) is 5.32 Å².